The Morgan fingerprint density at radius 2 is 2.15 bits per heavy atom. The third kappa shape index (κ3) is 2.23. The van der Waals surface area contributed by atoms with Crippen molar-refractivity contribution in [1.29, 1.82) is 0 Å². The van der Waals surface area contributed by atoms with Gasteiger partial charge >= 0.3 is 0 Å². The van der Waals surface area contributed by atoms with Crippen molar-refractivity contribution in [2.45, 2.75) is 6.54 Å². The molecular weight excluding hydrogens is 164 g/mol. The van der Waals surface area contributed by atoms with Gasteiger partial charge in [0.15, 0.2) is 0 Å². The summed E-state index contributed by atoms with van der Waals surface area (Å²) >= 11 is 0. The van der Waals surface area contributed by atoms with E-state index in [0.717, 1.165) is 11.1 Å². The minimum atomic E-state index is 0.467. The van der Waals surface area contributed by atoms with Gasteiger partial charge in [0.2, 0.25) is 0 Å². The number of ether oxygens (including phenoxy) is 1. The maximum absolute atomic E-state index is 5.68. The summed E-state index contributed by atoms with van der Waals surface area (Å²) < 4.78 is 5.00. The lowest BCUT2D eigenvalue weighted by Gasteiger charge is -2.07. The molecule has 1 aromatic carbocycles. The zero-order valence-electron chi connectivity index (χ0n) is 7.71. The van der Waals surface area contributed by atoms with Gasteiger partial charge < -0.3 is 16.2 Å². The Hall–Kier alpha value is -1.48. The molecule has 0 spiro atoms. The van der Waals surface area contributed by atoms with Gasteiger partial charge in [0.05, 0.1) is 7.11 Å². The van der Waals surface area contributed by atoms with E-state index in [1.54, 1.807) is 7.11 Å². The van der Waals surface area contributed by atoms with Crippen LogP contribution in [0.5, 0.6) is 0 Å². The van der Waals surface area contributed by atoms with Crippen LogP contribution in [0.2, 0.25) is 0 Å². The Morgan fingerprint density at radius 1 is 1.46 bits per heavy atom. The molecule has 0 amide bonds. The van der Waals surface area contributed by atoms with Gasteiger partial charge in [-0.15, -0.1) is 0 Å². The Kier molecular flexibility index (Phi) is 2.93. The van der Waals surface area contributed by atoms with E-state index in [4.69, 9.17) is 16.2 Å². The molecule has 1 rings (SSSR count). The lowest BCUT2D eigenvalue weighted by Crippen LogP contribution is -1.99. The van der Waals surface area contributed by atoms with Crippen LogP contribution in [0, 0.1) is 0 Å². The number of nitrogen functional groups attached to an aromatic ring is 1. The van der Waals surface area contributed by atoms with E-state index in [2.05, 4.69) is 6.58 Å². The molecule has 13 heavy (non-hydrogen) atoms. The van der Waals surface area contributed by atoms with E-state index in [9.17, 15) is 0 Å². The molecule has 0 heterocycles. The van der Waals surface area contributed by atoms with Gasteiger partial charge in [-0.3, -0.25) is 0 Å². The van der Waals surface area contributed by atoms with Gasteiger partial charge in [0.25, 0.3) is 0 Å². The fraction of sp³-hybridized carbons (Fsp3) is 0.200. The SMILES string of the molecule is C=C(OC)c1cc(N)cc(CN)c1. The smallest absolute Gasteiger partial charge is 0.119 e. The summed E-state index contributed by atoms with van der Waals surface area (Å²) in [6.07, 6.45) is 0. The average Bonchev–Trinajstić information content (AvgIpc) is 2.15. The molecule has 0 radical (unpaired) electrons. The molecule has 4 N–H and O–H groups in total. The number of hydrogen-bond donors (Lipinski definition) is 2. The summed E-state index contributed by atoms with van der Waals surface area (Å²) in [5, 5.41) is 0. The van der Waals surface area contributed by atoms with Crippen LogP contribution in [0.15, 0.2) is 24.8 Å². The van der Waals surface area contributed by atoms with Crippen molar-refractivity contribution in [1.82, 2.24) is 0 Å². The highest BCUT2D eigenvalue weighted by Crippen LogP contribution is 2.18. The second-order valence-electron chi connectivity index (χ2n) is 2.79. The Labute approximate surface area is 78.0 Å². The number of hydrogen-bond acceptors (Lipinski definition) is 3. The maximum Gasteiger partial charge on any atom is 0.119 e. The fourth-order valence-electron chi connectivity index (χ4n) is 1.12. The molecular formula is C10H14N2O. The number of benzene rings is 1. The van der Waals surface area contributed by atoms with Crippen LogP contribution in [0.25, 0.3) is 5.76 Å². The van der Waals surface area contributed by atoms with Crippen LogP contribution < -0.4 is 11.5 Å². The molecule has 0 aliphatic rings. The lowest BCUT2D eigenvalue weighted by atomic mass is 10.1. The minimum absolute atomic E-state index is 0.467. The van der Waals surface area contributed by atoms with Crippen molar-refractivity contribution < 1.29 is 4.74 Å². The molecule has 70 valence electrons. The highest BCUT2D eigenvalue weighted by Gasteiger charge is 2.01. The number of methoxy groups -OCH3 is 1. The third-order valence-corrected chi connectivity index (χ3v) is 1.82. The monoisotopic (exact) mass is 178 g/mol. The molecule has 0 aromatic heterocycles. The summed E-state index contributed by atoms with van der Waals surface area (Å²) in [5.41, 5.74) is 13.7. The van der Waals surface area contributed by atoms with Gasteiger partial charge in [0.1, 0.15) is 5.76 Å². The van der Waals surface area contributed by atoms with Gasteiger partial charge in [-0.2, -0.15) is 0 Å². The lowest BCUT2D eigenvalue weighted by molar-refractivity contribution is 0.371. The van der Waals surface area contributed by atoms with Crippen molar-refractivity contribution in [2.75, 3.05) is 12.8 Å². The molecule has 0 fully saturated rings. The van der Waals surface area contributed by atoms with Crippen LogP contribution in [0.3, 0.4) is 0 Å². The Balaban J connectivity index is 3.08. The zero-order chi connectivity index (χ0) is 9.84. The first-order valence-corrected chi connectivity index (χ1v) is 4.00. The molecule has 0 aliphatic heterocycles. The van der Waals surface area contributed by atoms with Crippen LogP contribution in [-0.4, -0.2) is 7.11 Å². The molecule has 3 nitrogen and oxygen atoms in total. The molecule has 1 aromatic rings. The van der Waals surface area contributed by atoms with E-state index in [1.165, 1.54) is 0 Å². The highest BCUT2D eigenvalue weighted by molar-refractivity contribution is 5.62. The average molecular weight is 178 g/mol. The first-order chi connectivity index (χ1) is 6.17. The van der Waals surface area contributed by atoms with E-state index in [-0.39, 0.29) is 0 Å². The Bertz CT molecular complexity index is 321. The standard InChI is InChI=1S/C10H14N2O/c1-7(13-2)9-3-8(6-11)4-10(12)5-9/h3-5H,1,6,11-12H2,2H3. The van der Waals surface area contributed by atoms with Crippen LogP contribution in [0.4, 0.5) is 5.69 Å². The molecule has 0 unspecified atom stereocenters. The van der Waals surface area contributed by atoms with E-state index in [0.29, 0.717) is 18.0 Å². The van der Waals surface area contributed by atoms with Crippen molar-refractivity contribution in [3.8, 4) is 0 Å². The number of nitrogens with two attached hydrogens (primary N) is 2. The maximum atomic E-state index is 5.68. The fourth-order valence-corrected chi connectivity index (χ4v) is 1.12. The van der Waals surface area contributed by atoms with Gasteiger partial charge in [0, 0.05) is 17.8 Å². The van der Waals surface area contributed by atoms with Crippen LogP contribution in [-0.2, 0) is 11.3 Å². The van der Waals surface area contributed by atoms with Gasteiger partial charge in [-0.1, -0.05) is 6.58 Å². The predicted molar refractivity (Wildman–Crippen MR) is 54.8 cm³/mol. The van der Waals surface area contributed by atoms with Crippen molar-refractivity contribution in [3.05, 3.63) is 35.9 Å². The minimum Gasteiger partial charge on any atom is -0.497 e. The summed E-state index contributed by atoms with van der Waals surface area (Å²) in [6.45, 7) is 4.21. The number of rotatable bonds is 3. The third-order valence-electron chi connectivity index (χ3n) is 1.82. The highest BCUT2D eigenvalue weighted by atomic mass is 16.5. The van der Waals surface area contributed by atoms with Crippen molar-refractivity contribution in [2.24, 2.45) is 5.73 Å². The quantitative estimate of drug-likeness (QED) is 0.542. The number of anilines is 1. The molecule has 0 saturated carbocycles. The van der Waals surface area contributed by atoms with E-state index >= 15 is 0 Å². The predicted octanol–water partition coefficient (Wildman–Crippen LogP) is 1.34. The Morgan fingerprint density at radius 3 is 2.69 bits per heavy atom. The largest absolute Gasteiger partial charge is 0.497 e. The molecule has 0 bridgehead atoms. The van der Waals surface area contributed by atoms with E-state index < -0.39 is 0 Å². The van der Waals surface area contributed by atoms with Crippen molar-refractivity contribution in [3.63, 3.8) is 0 Å². The summed E-state index contributed by atoms with van der Waals surface area (Å²) in [4.78, 5) is 0. The summed E-state index contributed by atoms with van der Waals surface area (Å²) in [7, 11) is 1.58. The second kappa shape index (κ2) is 3.96. The normalized spacial score (nSPS) is 9.69. The topological polar surface area (TPSA) is 61.3 Å². The van der Waals surface area contributed by atoms with Gasteiger partial charge in [-0.05, 0) is 23.8 Å². The summed E-state index contributed by atoms with van der Waals surface area (Å²) in [6, 6.07) is 5.57. The summed E-state index contributed by atoms with van der Waals surface area (Å²) in [5.74, 6) is 0.599. The molecule has 3 heteroatoms. The second-order valence-corrected chi connectivity index (χ2v) is 2.79. The first kappa shape index (κ1) is 9.61. The molecule has 0 atom stereocenters. The van der Waals surface area contributed by atoms with Crippen LogP contribution >= 0.6 is 0 Å². The van der Waals surface area contributed by atoms with Gasteiger partial charge in [-0.25, -0.2) is 0 Å². The zero-order valence-corrected chi connectivity index (χ0v) is 7.71. The van der Waals surface area contributed by atoms with Crippen LogP contribution in [0.1, 0.15) is 11.1 Å². The van der Waals surface area contributed by atoms with Crippen molar-refractivity contribution >= 4 is 11.4 Å². The molecule has 0 saturated heterocycles. The first-order valence-electron chi connectivity index (χ1n) is 4.00. The molecule has 0 aliphatic carbocycles. The van der Waals surface area contributed by atoms with E-state index in [1.807, 2.05) is 18.2 Å².